The quantitative estimate of drug-likeness (QED) is 0.223. The number of hydrogen-bond acceptors (Lipinski definition) is 6. The van der Waals surface area contributed by atoms with Gasteiger partial charge in [0.25, 0.3) is 0 Å². The molecule has 156 valence electrons. The highest BCUT2D eigenvalue weighted by Crippen LogP contribution is 2.36. The molecule has 3 N–H and O–H groups in total. The van der Waals surface area contributed by atoms with E-state index in [1.54, 1.807) is 23.1 Å². The lowest BCUT2D eigenvalue weighted by Gasteiger charge is -2.18. The molecular formula is C20H27BrO4S3. The second kappa shape index (κ2) is 12.4. The molecule has 1 fully saturated rings. The van der Waals surface area contributed by atoms with E-state index in [0.717, 1.165) is 23.7 Å². The summed E-state index contributed by atoms with van der Waals surface area (Å²) < 4.78 is 2.30. The Hall–Kier alpha value is -0.250. The number of allylic oxidation sites excluding steroid dienone is 2. The molecule has 0 bridgehead atoms. The van der Waals surface area contributed by atoms with Crippen LogP contribution in [0, 0.1) is 18.8 Å². The fourth-order valence-corrected chi connectivity index (χ4v) is 6.62. The first-order valence-corrected chi connectivity index (χ1v) is 13.0. The predicted octanol–water partition coefficient (Wildman–Crippen LogP) is 4.98. The minimum absolute atomic E-state index is 0.111. The van der Waals surface area contributed by atoms with Gasteiger partial charge in [-0.3, -0.25) is 4.79 Å². The molecule has 0 amide bonds. The van der Waals surface area contributed by atoms with Crippen LogP contribution < -0.4 is 0 Å². The Labute approximate surface area is 187 Å². The van der Waals surface area contributed by atoms with Crippen molar-refractivity contribution < 1.29 is 20.1 Å². The fraction of sp³-hybridized carbons (Fsp3) is 0.550. The Morgan fingerprint density at radius 2 is 2.21 bits per heavy atom. The molecule has 0 spiro atoms. The Morgan fingerprint density at radius 1 is 1.43 bits per heavy atom. The molecule has 8 heteroatoms. The van der Waals surface area contributed by atoms with Crippen molar-refractivity contribution in [1.29, 1.82) is 0 Å². The molecule has 1 heterocycles. The van der Waals surface area contributed by atoms with Gasteiger partial charge in [-0.25, -0.2) is 0 Å². The zero-order valence-corrected chi connectivity index (χ0v) is 19.8. The van der Waals surface area contributed by atoms with Gasteiger partial charge in [-0.05, 0) is 60.0 Å². The first-order valence-electron chi connectivity index (χ1n) is 9.24. The van der Waals surface area contributed by atoms with Gasteiger partial charge < -0.3 is 15.3 Å². The summed E-state index contributed by atoms with van der Waals surface area (Å²) in [6.07, 6.45) is 9.62. The number of hydrogen-bond donors (Lipinski definition) is 3. The number of aliphatic hydroxyl groups excluding tert-OH is 2. The number of halogens is 1. The highest BCUT2D eigenvalue weighted by molar-refractivity contribution is 9.10. The van der Waals surface area contributed by atoms with E-state index in [2.05, 4.69) is 35.0 Å². The lowest BCUT2D eigenvalue weighted by molar-refractivity contribution is -0.133. The van der Waals surface area contributed by atoms with E-state index in [0.29, 0.717) is 11.5 Å². The number of carboxylic acid groups (broad SMARTS) is 1. The highest BCUT2D eigenvalue weighted by atomic mass is 79.9. The summed E-state index contributed by atoms with van der Waals surface area (Å²) in [5.41, 5.74) is 0. The molecular weight excluding hydrogens is 480 g/mol. The van der Waals surface area contributed by atoms with Crippen LogP contribution in [-0.2, 0) is 4.79 Å². The number of rotatable bonds is 11. The van der Waals surface area contributed by atoms with Crippen LogP contribution in [0.2, 0.25) is 0 Å². The van der Waals surface area contributed by atoms with Crippen molar-refractivity contribution in [2.75, 3.05) is 17.3 Å². The van der Waals surface area contributed by atoms with Gasteiger partial charge in [0, 0.05) is 20.9 Å². The molecule has 28 heavy (non-hydrogen) atoms. The van der Waals surface area contributed by atoms with Crippen molar-refractivity contribution in [1.82, 2.24) is 0 Å². The van der Waals surface area contributed by atoms with Crippen LogP contribution in [0.3, 0.4) is 0 Å². The van der Waals surface area contributed by atoms with Gasteiger partial charge in [0.05, 0.1) is 22.2 Å². The van der Waals surface area contributed by atoms with E-state index in [-0.39, 0.29) is 23.7 Å². The van der Waals surface area contributed by atoms with Gasteiger partial charge >= 0.3 is 5.97 Å². The highest BCUT2D eigenvalue weighted by Gasteiger charge is 2.32. The summed E-state index contributed by atoms with van der Waals surface area (Å²) in [6.45, 7) is 2.07. The molecule has 0 aliphatic heterocycles. The maximum absolute atomic E-state index is 10.5. The van der Waals surface area contributed by atoms with E-state index in [4.69, 9.17) is 5.11 Å². The smallest absolute Gasteiger partial charge is 0.313 e. The van der Waals surface area contributed by atoms with E-state index < -0.39 is 12.1 Å². The number of aliphatic carboxylic acids is 1. The van der Waals surface area contributed by atoms with E-state index in [1.165, 1.54) is 20.8 Å². The minimum Gasteiger partial charge on any atom is -0.481 e. The topological polar surface area (TPSA) is 77.8 Å². The molecule has 1 aromatic rings. The third-order valence-electron chi connectivity index (χ3n) is 4.67. The minimum atomic E-state index is -0.798. The largest absolute Gasteiger partial charge is 0.481 e. The number of carbonyl (C=O) groups is 1. The number of thiophene rings is 1. The molecule has 1 aliphatic rings. The fourth-order valence-electron chi connectivity index (χ4n) is 3.18. The maximum Gasteiger partial charge on any atom is 0.313 e. The van der Waals surface area contributed by atoms with E-state index >= 15 is 0 Å². The molecule has 1 saturated carbocycles. The molecule has 4 atom stereocenters. The van der Waals surface area contributed by atoms with Gasteiger partial charge in [-0.1, -0.05) is 24.3 Å². The number of thioether (sulfide) groups is 2. The van der Waals surface area contributed by atoms with Crippen molar-refractivity contribution in [3.8, 4) is 0 Å². The monoisotopic (exact) mass is 506 g/mol. The summed E-state index contributed by atoms with van der Waals surface area (Å²) in [5, 5.41) is 29.2. The maximum atomic E-state index is 10.5. The van der Waals surface area contributed by atoms with E-state index in [1.807, 2.05) is 18.2 Å². The van der Waals surface area contributed by atoms with Crippen LogP contribution in [0.1, 0.15) is 24.1 Å². The van der Waals surface area contributed by atoms with Gasteiger partial charge in [0.15, 0.2) is 0 Å². The van der Waals surface area contributed by atoms with Gasteiger partial charge in [-0.15, -0.1) is 34.9 Å². The Bertz CT molecular complexity index is 669. The summed E-state index contributed by atoms with van der Waals surface area (Å²) in [4.78, 5) is 11.7. The zero-order chi connectivity index (χ0) is 20.5. The average Bonchev–Trinajstić information content (AvgIpc) is 3.16. The lowest BCUT2D eigenvalue weighted by atomic mass is 9.91. The number of aryl methyl sites for hydroxylation is 1. The van der Waals surface area contributed by atoms with Gasteiger partial charge in [0.1, 0.15) is 0 Å². The normalized spacial score (nSPS) is 23.8. The summed E-state index contributed by atoms with van der Waals surface area (Å²) in [5.74, 6) is 1.03. The summed E-state index contributed by atoms with van der Waals surface area (Å²) in [6, 6.07) is 2.09. The third kappa shape index (κ3) is 8.24. The molecule has 4 nitrogen and oxygen atoms in total. The second-order valence-corrected chi connectivity index (χ2v) is 11.3. The van der Waals surface area contributed by atoms with E-state index in [9.17, 15) is 15.0 Å². The third-order valence-corrected chi connectivity index (χ3v) is 8.99. The van der Waals surface area contributed by atoms with Gasteiger partial charge in [-0.2, -0.15) is 0 Å². The van der Waals surface area contributed by atoms with Crippen molar-refractivity contribution in [3.63, 3.8) is 0 Å². The van der Waals surface area contributed by atoms with Crippen LogP contribution in [0.25, 0.3) is 0 Å². The van der Waals surface area contributed by atoms with Crippen molar-refractivity contribution in [3.05, 3.63) is 39.7 Å². The van der Waals surface area contributed by atoms with Crippen LogP contribution in [0.5, 0.6) is 0 Å². The summed E-state index contributed by atoms with van der Waals surface area (Å²) in [7, 11) is 0. The van der Waals surface area contributed by atoms with Crippen LogP contribution in [0.15, 0.2) is 39.1 Å². The molecule has 1 unspecified atom stereocenters. The zero-order valence-electron chi connectivity index (χ0n) is 15.8. The molecule has 1 aliphatic carbocycles. The molecule has 2 rings (SSSR count). The SMILES string of the molecule is Cc1sc(SC[C@H](O)/C=C/[C@H]2CCC(O)[C@@H]2C/C=C\CSCC(=O)O)cc1Br. The van der Waals surface area contributed by atoms with Gasteiger partial charge in [0.2, 0.25) is 0 Å². The Kier molecular flexibility index (Phi) is 10.7. The Balaban J connectivity index is 1.76. The first kappa shape index (κ1) is 24.0. The van der Waals surface area contributed by atoms with Crippen molar-refractivity contribution in [2.45, 2.75) is 42.6 Å². The Morgan fingerprint density at radius 3 is 2.89 bits per heavy atom. The van der Waals surface area contributed by atoms with Crippen LogP contribution >= 0.6 is 50.8 Å². The average molecular weight is 508 g/mol. The number of aliphatic hydroxyl groups is 2. The molecule has 0 saturated heterocycles. The number of carboxylic acids is 1. The van der Waals surface area contributed by atoms with Crippen LogP contribution in [0.4, 0.5) is 0 Å². The second-order valence-electron chi connectivity index (χ2n) is 6.82. The molecule has 0 aromatic carbocycles. The predicted molar refractivity (Wildman–Crippen MR) is 124 cm³/mol. The lowest BCUT2D eigenvalue weighted by Crippen LogP contribution is -2.18. The standard InChI is InChI=1S/C20H27BrO4S3/c1-13-17(21)10-20(28-13)27-11-15(22)7-5-14-6-8-18(23)16(14)4-2-3-9-26-12-19(24)25/h2-3,5,7,10,14-16,18,22-23H,4,6,8-9,11-12H2,1H3,(H,24,25)/b3-2-,7-5+/t14-,15+,16+,18?/m0/s1. The summed E-state index contributed by atoms with van der Waals surface area (Å²) >= 11 is 8.26. The van der Waals surface area contributed by atoms with Crippen molar-refractivity contribution >= 4 is 56.8 Å². The van der Waals surface area contributed by atoms with Crippen molar-refractivity contribution in [2.24, 2.45) is 11.8 Å². The molecule has 1 aromatic heterocycles. The van der Waals surface area contributed by atoms with Crippen LogP contribution in [-0.4, -0.2) is 50.8 Å². The molecule has 0 radical (unpaired) electrons. The first-order chi connectivity index (χ1) is 13.4.